The molecule has 0 aliphatic carbocycles. The van der Waals surface area contributed by atoms with Crippen molar-refractivity contribution in [3.8, 4) is 0 Å². The Hall–Kier alpha value is -0.320. The van der Waals surface area contributed by atoms with Gasteiger partial charge in [0.2, 0.25) is 0 Å². The van der Waals surface area contributed by atoms with Gasteiger partial charge in [0.15, 0.2) is 0 Å². The quantitative estimate of drug-likeness (QED) is 0.532. The summed E-state index contributed by atoms with van der Waals surface area (Å²) in [6, 6.07) is 10.8. The summed E-state index contributed by atoms with van der Waals surface area (Å²) in [5, 5.41) is 3.62. The maximum absolute atomic E-state index is 3.63. The minimum absolute atomic E-state index is 0.232. The van der Waals surface area contributed by atoms with Gasteiger partial charge in [-0.3, -0.25) is 0 Å². The van der Waals surface area contributed by atoms with Gasteiger partial charge in [-0.15, -0.1) is 0 Å². The normalized spacial score (nSPS) is 12.3. The topological polar surface area (TPSA) is 12.0 Å². The molecule has 0 heterocycles. The molecule has 1 N–H and O–H groups in total. The largest absolute Gasteiger partial charge is 0.378 e. The minimum atomic E-state index is 0.232. The van der Waals surface area contributed by atoms with Crippen LogP contribution in [-0.2, 0) is 0 Å². The van der Waals surface area contributed by atoms with Crippen LogP contribution < -0.4 is 5.32 Å². The second kappa shape index (κ2) is 6.63. The van der Waals surface area contributed by atoms with E-state index in [0.717, 1.165) is 13.4 Å². The van der Waals surface area contributed by atoms with Gasteiger partial charge in [0.05, 0.1) is 0 Å². The molecule has 1 unspecified atom stereocenters. The van der Waals surface area contributed by atoms with Crippen molar-refractivity contribution in [2.24, 2.45) is 0 Å². The molecule has 2 aromatic carbocycles. The summed E-state index contributed by atoms with van der Waals surface area (Å²) in [5.74, 6) is 0. The number of hydrogen-bond donors (Lipinski definition) is 1. The van der Waals surface area contributed by atoms with Gasteiger partial charge in [-0.1, -0.05) is 53.9 Å². The van der Waals surface area contributed by atoms with Crippen molar-refractivity contribution in [2.45, 2.75) is 26.8 Å². The number of hydrogen-bond acceptors (Lipinski definition) is 1. The third-order valence-corrected chi connectivity index (χ3v) is 4.93. The van der Waals surface area contributed by atoms with E-state index in [2.05, 4.69) is 104 Å². The summed E-state index contributed by atoms with van der Waals surface area (Å²) in [5.41, 5.74) is 4.94. The van der Waals surface area contributed by atoms with Gasteiger partial charge in [-0.05, 0) is 61.7 Å². The van der Waals surface area contributed by atoms with Crippen molar-refractivity contribution in [1.82, 2.24) is 0 Å². The van der Waals surface area contributed by atoms with Gasteiger partial charge in [0, 0.05) is 25.1 Å². The van der Waals surface area contributed by atoms with Crippen LogP contribution in [0.4, 0.5) is 5.69 Å². The zero-order valence-corrected chi connectivity index (χ0v) is 16.4. The van der Waals surface area contributed by atoms with Crippen LogP contribution in [0.25, 0.3) is 0 Å². The number of benzene rings is 2. The first-order valence-corrected chi connectivity index (χ1v) is 8.74. The Morgan fingerprint density at radius 2 is 1.50 bits per heavy atom. The van der Waals surface area contributed by atoms with Crippen LogP contribution in [-0.4, -0.2) is 0 Å². The lowest BCUT2D eigenvalue weighted by Gasteiger charge is -2.21. The number of anilines is 1. The molecule has 1 atom stereocenters. The molecule has 0 bridgehead atoms. The Kier molecular flexibility index (Phi) is 5.32. The second-order valence-corrected chi connectivity index (χ2v) is 7.63. The molecule has 0 aromatic heterocycles. The van der Waals surface area contributed by atoms with Crippen LogP contribution in [0.5, 0.6) is 0 Å². The summed E-state index contributed by atoms with van der Waals surface area (Å²) < 4.78 is 3.31. The van der Waals surface area contributed by atoms with Gasteiger partial charge < -0.3 is 5.32 Å². The Morgan fingerprint density at radius 1 is 0.900 bits per heavy atom. The smallest absolute Gasteiger partial charge is 0.0497 e. The minimum Gasteiger partial charge on any atom is -0.378 e. The van der Waals surface area contributed by atoms with Crippen LogP contribution in [0.2, 0.25) is 0 Å². The number of nitrogens with one attached hydrogen (secondary N) is 1. The Morgan fingerprint density at radius 3 is 2.05 bits per heavy atom. The lowest BCUT2D eigenvalue weighted by molar-refractivity contribution is 0.874. The summed E-state index contributed by atoms with van der Waals surface area (Å²) in [7, 11) is 0. The molecule has 1 nitrogen and oxygen atoms in total. The van der Waals surface area contributed by atoms with Gasteiger partial charge in [0.1, 0.15) is 0 Å². The molecule has 0 saturated carbocycles. The molecule has 0 radical (unpaired) electrons. The highest BCUT2D eigenvalue weighted by atomic mass is 79.9. The Bertz CT molecular complexity index is 615. The first kappa shape index (κ1) is 16.1. The summed E-state index contributed by atoms with van der Waals surface area (Å²) >= 11 is 10.7. The van der Waals surface area contributed by atoms with Gasteiger partial charge in [0.25, 0.3) is 0 Å². The molecular formula is C16H16Br3N. The van der Waals surface area contributed by atoms with Crippen molar-refractivity contribution < 1.29 is 0 Å². The molecular weight excluding hydrogens is 446 g/mol. The molecule has 0 aliphatic heterocycles. The summed E-state index contributed by atoms with van der Waals surface area (Å²) in [4.78, 5) is 0. The van der Waals surface area contributed by atoms with Crippen LogP contribution in [0.3, 0.4) is 0 Å². The maximum Gasteiger partial charge on any atom is 0.0497 e. The Labute approximate surface area is 145 Å². The third kappa shape index (κ3) is 3.66. The number of halogens is 3. The second-order valence-electron chi connectivity index (χ2n) is 4.95. The SMILES string of the molecule is Cc1cc(Br)cc(C)c1NC(C)c1ccc(Br)cc1Br. The molecule has 0 saturated heterocycles. The molecule has 0 fully saturated rings. The van der Waals surface area contributed by atoms with E-state index in [1.807, 2.05) is 0 Å². The van der Waals surface area contributed by atoms with Crippen LogP contribution in [0.1, 0.15) is 29.7 Å². The van der Waals surface area contributed by atoms with Crippen LogP contribution in [0, 0.1) is 13.8 Å². The fourth-order valence-corrected chi connectivity index (χ4v) is 4.36. The molecule has 0 aliphatic rings. The first-order chi connectivity index (χ1) is 9.38. The fraction of sp³-hybridized carbons (Fsp3) is 0.250. The van der Waals surface area contributed by atoms with E-state index in [9.17, 15) is 0 Å². The predicted molar refractivity (Wildman–Crippen MR) is 97.5 cm³/mol. The zero-order chi connectivity index (χ0) is 14.9. The van der Waals surface area contributed by atoms with Crippen LogP contribution in [0.15, 0.2) is 43.7 Å². The lowest BCUT2D eigenvalue weighted by atomic mass is 10.1. The van der Waals surface area contributed by atoms with Crippen molar-refractivity contribution in [3.63, 3.8) is 0 Å². The molecule has 0 spiro atoms. The fourth-order valence-electron chi connectivity index (χ4n) is 2.29. The van der Waals surface area contributed by atoms with E-state index in [1.54, 1.807) is 0 Å². The van der Waals surface area contributed by atoms with Gasteiger partial charge in [-0.2, -0.15) is 0 Å². The average Bonchev–Trinajstić information content (AvgIpc) is 2.33. The molecule has 0 amide bonds. The molecule has 2 rings (SSSR count). The monoisotopic (exact) mass is 459 g/mol. The van der Waals surface area contributed by atoms with E-state index >= 15 is 0 Å². The van der Waals surface area contributed by atoms with Crippen molar-refractivity contribution in [2.75, 3.05) is 5.32 Å². The van der Waals surface area contributed by atoms with E-state index in [1.165, 1.54) is 22.4 Å². The molecule has 106 valence electrons. The molecule has 2 aromatic rings. The van der Waals surface area contributed by atoms with Gasteiger partial charge in [-0.25, -0.2) is 0 Å². The van der Waals surface area contributed by atoms with E-state index in [4.69, 9.17) is 0 Å². The highest BCUT2D eigenvalue weighted by Crippen LogP contribution is 2.32. The van der Waals surface area contributed by atoms with Crippen molar-refractivity contribution in [3.05, 3.63) is 60.4 Å². The highest BCUT2D eigenvalue weighted by molar-refractivity contribution is 9.11. The number of aryl methyl sites for hydroxylation is 2. The van der Waals surface area contributed by atoms with Crippen molar-refractivity contribution in [1.29, 1.82) is 0 Å². The van der Waals surface area contributed by atoms with E-state index in [-0.39, 0.29) is 6.04 Å². The molecule has 4 heteroatoms. The van der Waals surface area contributed by atoms with E-state index in [0.29, 0.717) is 0 Å². The average molecular weight is 462 g/mol. The van der Waals surface area contributed by atoms with E-state index < -0.39 is 0 Å². The summed E-state index contributed by atoms with van der Waals surface area (Å²) in [6.45, 7) is 6.43. The van der Waals surface area contributed by atoms with Crippen molar-refractivity contribution >= 4 is 53.5 Å². The standard InChI is InChI=1S/C16H16Br3N/c1-9-6-13(18)7-10(2)16(9)20-11(3)14-5-4-12(17)8-15(14)19/h4-8,11,20H,1-3H3. The predicted octanol–water partition coefficient (Wildman–Crippen LogP) is 6.76. The first-order valence-electron chi connectivity index (χ1n) is 6.36. The van der Waals surface area contributed by atoms with Crippen LogP contribution >= 0.6 is 47.8 Å². The summed E-state index contributed by atoms with van der Waals surface area (Å²) in [6.07, 6.45) is 0. The Balaban J connectivity index is 2.30. The number of rotatable bonds is 3. The third-order valence-electron chi connectivity index (χ3n) is 3.29. The zero-order valence-electron chi connectivity index (χ0n) is 11.6. The lowest BCUT2D eigenvalue weighted by Crippen LogP contribution is -2.09. The highest BCUT2D eigenvalue weighted by Gasteiger charge is 2.12. The maximum atomic E-state index is 3.63. The van der Waals surface area contributed by atoms with Gasteiger partial charge >= 0.3 is 0 Å². The molecule has 20 heavy (non-hydrogen) atoms.